The first kappa shape index (κ1) is 20.9. The number of piperidine rings is 1. The number of nitrogens with zero attached hydrogens (tertiary/aromatic N) is 2. The van der Waals surface area contributed by atoms with Crippen LogP contribution in [0.1, 0.15) is 24.8 Å². The smallest absolute Gasteiger partial charge is 0.326 e. The number of carbonyl (C=O) groups is 1. The Labute approximate surface area is 174 Å². The van der Waals surface area contributed by atoms with Gasteiger partial charge in [0, 0.05) is 19.0 Å². The predicted octanol–water partition coefficient (Wildman–Crippen LogP) is 0.126. The molecule has 2 heterocycles. The first-order valence-electron chi connectivity index (χ1n) is 9.24. The fraction of sp³-hybridized carbons (Fsp3) is 0.500. The van der Waals surface area contributed by atoms with Crippen LogP contribution in [0.5, 0.6) is 5.75 Å². The minimum Gasteiger partial charge on any atom is -0.506 e. The molecule has 30 heavy (non-hydrogen) atoms. The van der Waals surface area contributed by atoms with Gasteiger partial charge in [0.15, 0.2) is 5.82 Å². The van der Waals surface area contributed by atoms with Crippen molar-refractivity contribution < 1.29 is 31.1 Å². The average molecular weight is 458 g/mol. The first-order valence-corrected chi connectivity index (χ1v) is 12.5. The van der Waals surface area contributed by atoms with E-state index in [-0.39, 0.29) is 16.9 Å². The number of carbonyl (C=O) groups excluding carboxylic acids is 1. The molecule has 12 heteroatoms. The van der Waals surface area contributed by atoms with Crippen LogP contribution in [0, 0.1) is 29.0 Å². The average Bonchev–Trinajstić information content (AvgIpc) is 3.22. The molecule has 3 aliphatic rings. The highest BCUT2D eigenvalue weighted by Gasteiger charge is 2.54. The number of aromatic hydroxyl groups is 1. The minimum atomic E-state index is -4.28. The molecule has 2 aliphatic heterocycles. The van der Waals surface area contributed by atoms with Gasteiger partial charge in [0.25, 0.3) is 5.91 Å². The third-order valence-corrected chi connectivity index (χ3v) is 8.60. The Morgan fingerprint density at radius 2 is 1.97 bits per heavy atom. The maximum Gasteiger partial charge on any atom is 0.326 e. The molecule has 1 aliphatic carbocycles. The number of amides is 1. The Morgan fingerprint density at radius 3 is 2.53 bits per heavy atom. The molecule has 1 amide bonds. The summed E-state index contributed by atoms with van der Waals surface area (Å²) in [6, 6.07) is 2.38. The molecule has 1 unspecified atom stereocenters. The second-order valence-electron chi connectivity index (χ2n) is 7.88. The van der Waals surface area contributed by atoms with Gasteiger partial charge in [-0.15, -0.1) is 0 Å². The molecule has 1 aromatic rings. The molecule has 0 radical (unpaired) electrons. The number of benzene rings is 1. The normalized spacial score (nSPS) is 24.9. The molecule has 1 aromatic carbocycles. The number of phenols is 1. The van der Waals surface area contributed by atoms with Crippen LogP contribution < -0.4 is 9.03 Å². The van der Waals surface area contributed by atoms with Gasteiger partial charge >= 0.3 is 10.2 Å². The minimum absolute atomic E-state index is 0.00497. The van der Waals surface area contributed by atoms with Crippen molar-refractivity contribution in [2.24, 2.45) is 11.3 Å². The largest absolute Gasteiger partial charge is 0.506 e. The zero-order valence-electron chi connectivity index (χ0n) is 16.1. The first-order chi connectivity index (χ1) is 13.9. The van der Waals surface area contributed by atoms with Crippen molar-refractivity contribution in [2.45, 2.75) is 19.3 Å². The van der Waals surface area contributed by atoms with E-state index in [2.05, 4.69) is 11.8 Å². The number of nitrogens with one attached hydrogen (secondary N) is 1. The van der Waals surface area contributed by atoms with E-state index in [0.29, 0.717) is 30.2 Å². The summed E-state index contributed by atoms with van der Waals surface area (Å²) in [6.07, 6.45) is 3.35. The Bertz CT molecular complexity index is 1190. The summed E-state index contributed by atoms with van der Waals surface area (Å²) < 4.78 is 65.9. The lowest BCUT2D eigenvalue weighted by atomic mass is 9.92. The topological polar surface area (TPSA) is 124 Å². The number of rotatable bonds is 2. The number of hydrogen-bond donors (Lipinski definition) is 2. The zero-order valence-corrected chi connectivity index (χ0v) is 17.7. The summed E-state index contributed by atoms with van der Waals surface area (Å²) in [5, 5.41) is 9.99. The van der Waals surface area contributed by atoms with Crippen molar-refractivity contribution in [3.05, 3.63) is 23.5 Å². The van der Waals surface area contributed by atoms with E-state index in [4.69, 9.17) is 0 Å². The number of sulfonamides is 1. The van der Waals surface area contributed by atoms with Crippen molar-refractivity contribution >= 4 is 31.8 Å². The van der Waals surface area contributed by atoms with E-state index in [0.717, 1.165) is 12.5 Å². The lowest BCUT2D eigenvalue weighted by Crippen LogP contribution is -2.38. The van der Waals surface area contributed by atoms with Gasteiger partial charge in [0.1, 0.15) is 18.0 Å². The summed E-state index contributed by atoms with van der Waals surface area (Å²) in [7, 11) is -7.49. The molecule has 0 bridgehead atoms. The summed E-state index contributed by atoms with van der Waals surface area (Å²) >= 11 is 0. The van der Waals surface area contributed by atoms with Gasteiger partial charge in [0.2, 0.25) is 10.0 Å². The third-order valence-electron chi connectivity index (χ3n) is 5.92. The standard InChI is InChI=1S/C18H20FN3O6S2/c1-29(25,26)21-8-6-18(7-9-21)10-13(18)4-2-12-3-5-14(23)17(16(12)19)22-11-15(24)20-30(22,27)28/h3,5,13,23H,6-11H2,1H3,(H,20,24). The number of hydrogen-bond acceptors (Lipinski definition) is 6. The van der Waals surface area contributed by atoms with Crippen LogP contribution in [-0.4, -0.2) is 58.0 Å². The van der Waals surface area contributed by atoms with Gasteiger partial charge in [0.05, 0.1) is 11.8 Å². The molecule has 3 fully saturated rings. The molecule has 1 saturated carbocycles. The van der Waals surface area contributed by atoms with E-state index >= 15 is 0 Å². The number of halogens is 1. The summed E-state index contributed by atoms with van der Waals surface area (Å²) in [6.45, 7) is 0.234. The molecule has 1 atom stereocenters. The SMILES string of the molecule is CS(=O)(=O)N1CCC2(CC1)CC2C#Cc1ccc(O)c(N2CC(=O)NS2(=O)=O)c1F. The van der Waals surface area contributed by atoms with Crippen LogP contribution in [-0.2, 0) is 25.0 Å². The van der Waals surface area contributed by atoms with Crippen molar-refractivity contribution in [1.29, 1.82) is 0 Å². The molecule has 9 nitrogen and oxygen atoms in total. The summed E-state index contributed by atoms with van der Waals surface area (Å²) in [4.78, 5) is 11.4. The Balaban J connectivity index is 1.55. The molecular formula is C18H20FN3O6S2. The Morgan fingerprint density at radius 1 is 1.30 bits per heavy atom. The maximum atomic E-state index is 15.0. The second kappa shape index (κ2) is 6.83. The van der Waals surface area contributed by atoms with Gasteiger partial charge in [-0.25, -0.2) is 26.1 Å². The Kier molecular flexibility index (Phi) is 4.76. The second-order valence-corrected chi connectivity index (χ2v) is 11.5. The van der Waals surface area contributed by atoms with Gasteiger partial charge in [-0.2, -0.15) is 8.42 Å². The van der Waals surface area contributed by atoms with Gasteiger partial charge in [-0.3, -0.25) is 4.79 Å². The van der Waals surface area contributed by atoms with Gasteiger partial charge in [-0.1, -0.05) is 11.8 Å². The maximum absolute atomic E-state index is 15.0. The predicted molar refractivity (Wildman–Crippen MR) is 106 cm³/mol. The van der Waals surface area contributed by atoms with Crippen LogP contribution in [0.2, 0.25) is 0 Å². The van der Waals surface area contributed by atoms with Crippen molar-refractivity contribution in [1.82, 2.24) is 9.03 Å². The zero-order chi connectivity index (χ0) is 21.9. The van der Waals surface area contributed by atoms with E-state index in [9.17, 15) is 31.1 Å². The van der Waals surface area contributed by atoms with Crippen LogP contribution in [0.3, 0.4) is 0 Å². The summed E-state index contributed by atoms with van der Waals surface area (Å²) in [5.41, 5.74) is -0.779. The van der Waals surface area contributed by atoms with Crippen LogP contribution in [0.15, 0.2) is 12.1 Å². The summed E-state index contributed by atoms with van der Waals surface area (Å²) in [5.74, 6) is 3.25. The van der Waals surface area contributed by atoms with Gasteiger partial charge in [-0.05, 0) is 36.8 Å². The fourth-order valence-electron chi connectivity index (χ4n) is 4.07. The number of anilines is 1. The lowest BCUT2D eigenvalue weighted by Gasteiger charge is -2.30. The molecule has 2 saturated heterocycles. The highest BCUT2D eigenvalue weighted by molar-refractivity contribution is 7.92. The van der Waals surface area contributed by atoms with Crippen molar-refractivity contribution in [3.8, 4) is 17.6 Å². The Hall–Kier alpha value is -2.36. The molecule has 162 valence electrons. The molecule has 0 aromatic heterocycles. The van der Waals surface area contributed by atoms with E-state index in [1.54, 1.807) is 4.72 Å². The third kappa shape index (κ3) is 3.61. The molecule has 1 spiro atoms. The van der Waals surface area contributed by atoms with Crippen molar-refractivity contribution in [3.63, 3.8) is 0 Å². The van der Waals surface area contributed by atoms with E-state index in [1.165, 1.54) is 16.6 Å². The lowest BCUT2D eigenvalue weighted by molar-refractivity contribution is -0.117. The molecule has 2 N–H and O–H groups in total. The number of phenolic OH excluding ortho intramolecular Hbond substituents is 1. The highest BCUT2D eigenvalue weighted by atomic mass is 32.2. The van der Waals surface area contributed by atoms with Gasteiger partial charge < -0.3 is 5.11 Å². The van der Waals surface area contributed by atoms with Crippen LogP contribution in [0.25, 0.3) is 0 Å². The molecule has 4 rings (SSSR count). The quantitative estimate of drug-likeness (QED) is 0.609. The van der Waals surface area contributed by atoms with E-state index in [1.807, 2.05) is 0 Å². The van der Waals surface area contributed by atoms with E-state index < -0.39 is 49.9 Å². The highest BCUT2D eigenvalue weighted by Crippen LogP contribution is 2.59. The fourth-order valence-corrected chi connectivity index (χ4v) is 6.08. The molecular weight excluding hydrogens is 437 g/mol. The van der Waals surface area contributed by atoms with Crippen molar-refractivity contribution in [2.75, 3.05) is 30.2 Å². The van der Waals surface area contributed by atoms with Crippen LogP contribution >= 0.6 is 0 Å². The monoisotopic (exact) mass is 457 g/mol. The van der Waals surface area contributed by atoms with Crippen LogP contribution in [0.4, 0.5) is 10.1 Å².